The predicted molar refractivity (Wildman–Crippen MR) is 138 cm³/mol. The zero-order chi connectivity index (χ0) is 26.7. The van der Waals surface area contributed by atoms with Crippen LogP contribution in [0.1, 0.15) is 12.5 Å². The van der Waals surface area contributed by atoms with Crippen molar-refractivity contribution in [2.45, 2.75) is 11.8 Å². The zero-order valence-corrected chi connectivity index (χ0v) is 21.2. The van der Waals surface area contributed by atoms with E-state index in [9.17, 15) is 18.0 Å². The summed E-state index contributed by atoms with van der Waals surface area (Å²) in [5.74, 6) is -0.0904. The molecule has 0 aliphatic carbocycles. The summed E-state index contributed by atoms with van der Waals surface area (Å²) in [4.78, 5) is 23.9. The fraction of sp³-hybridized carbons (Fsp3) is 0.192. The second-order valence-corrected chi connectivity index (χ2v) is 9.34. The molecule has 1 amide bonds. The van der Waals surface area contributed by atoms with E-state index in [2.05, 4.69) is 15.3 Å². The number of rotatable bonds is 12. The van der Waals surface area contributed by atoms with Gasteiger partial charge in [-0.25, -0.2) is 18.6 Å². The minimum atomic E-state index is -4.04. The standard InChI is InChI=1S/C26H27N3O7S/c1-3-35-22-15-11-21(12-16-22)29(37(32,33)24-7-5-4-6-8-24)18-25(30)28-27-17-20-9-13-23(14-10-20)36-19-26(31)34-2/h4-17H,3,18-19H2,1-2H3,(H,28,30)/b27-17-. The van der Waals surface area contributed by atoms with Gasteiger partial charge in [0.05, 0.1) is 30.5 Å². The molecule has 0 unspecified atom stereocenters. The van der Waals surface area contributed by atoms with E-state index in [-0.39, 0.29) is 11.5 Å². The van der Waals surface area contributed by atoms with Crippen molar-refractivity contribution in [3.05, 3.63) is 84.4 Å². The first kappa shape index (κ1) is 27.2. The van der Waals surface area contributed by atoms with Crippen molar-refractivity contribution in [3.8, 4) is 11.5 Å². The van der Waals surface area contributed by atoms with E-state index in [1.807, 2.05) is 6.92 Å². The molecular weight excluding hydrogens is 498 g/mol. The Kier molecular flexibility index (Phi) is 9.61. The SMILES string of the molecule is CCOc1ccc(N(CC(=O)N/N=C\c2ccc(OCC(=O)OC)cc2)S(=O)(=O)c2ccccc2)cc1. The monoisotopic (exact) mass is 525 g/mol. The number of benzene rings is 3. The number of hydrogen-bond donors (Lipinski definition) is 1. The third kappa shape index (κ3) is 7.80. The summed E-state index contributed by atoms with van der Waals surface area (Å²) in [6, 6.07) is 20.9. The molecule has 10 nitrogen and oxygen atoms in total. The van der Waals surface area contributed by atoms with E-state index >= 15 is 0 Å². The molecule has 11 heteroatoms. The van der Waals surface area contributed by atoms with Gasteiger partial charge in [0.25, 0.3) is 15.9 Å². The molecule has 0 spiro atoms. The van der Waals surface area contributed by atoms with Crippen molar-refractivity contribution >= 4 is 33.8 Å². The lowest BCUT2D eigenvalue weighted by molar-refractivity contribution is -0.142. The van der Waals surface area contributed by atoms with Crippen molar-refractivity contribution < 1.29 is 32.2 Å². The average Bonchev–Trinajstić information content (AvgIpc) is 2.92. The number of hydrazone groups is 1. The maximum absolute atomic E-state index is 13.4. The summed E-state index contributed by atoms with van der Waals surface area (Å²) in [6.45, 7) is 1.60. The van der Waals surface area contributed by atoms with E-state index < -0.39 is 28.4 Å². The highest BCUT2D eigenvalue weighted by molar-refractivity contribution is 7.92. The number of ether oxygens (including phenoxy) is 3. The van der Waals surface area contributed by atoms with Gasteiger partial charge >= 0.3 is 5.97 Å². The van der Waals surface area contributed by atoms with E-state index in [0.29, 0.717) is 29.4 Å². The lowest BCUT2D eigenvalue weighted by atomic mass is 10.2. The molecule has 194 valence electrons. The van der Waals surface area contributed by atoms with Gasteiger partial charge in [-0.1, -0.05) is 18.2 Å². The summed E-state index contributed by atoms with van der Waals surface area (Å²) in [5, 5.41) is 3.92. The maximum Gasteiger partial charge on any atom is 0.343 e. The second-order valence-electron chi connectivity index (χ2n) is 7.48. The molecule has 1 N–H and O–H groups in total. The topological polar surface area (TPSA) is 124 Å². The first-order valence-corrected chi connectivity index (χ1v) is 12.7. The minimum absolute atomic E-state index is 0.0506. The molecular formula is C26H27N3O7S. The smallest absolute Gasteiger partial charge is 0.343 e. The molecule has 3 aromatic carbocycles. The highest BCUT2D eigenvalue weighted by Crippen LogP contribution is 2.25. The van der Waals surface area contributed by atoms with Crippen molar-refractivity contribution in [2.75, 3.05) is 31.2 Å². The molecule has 0 bridgehead atoms. The normalized spacial score (nSPS) is 11.1. The Morgan fingerprint density at radius 2 is 1.54 bits per heavy atom. The van der Waals surface area contributed by atoms with E-state index in [0.717, 1.165) is 4.31 Å². The van der Waals surface area contributed by atoms with Crippen LogP contribution in [-0.2, 0) is 24.3 Å². The van der Waals surface area contributed by atoms with Crippen LogP contribution < -0.4 is 19.2 Å². The predicted octanol–water partition coefficient (Wildman–Crippen LogP) is 2.98. The summed E-state index contributed by atoms with van der Waals surface area (Å²) >= 11 is 0. The van der Waals surface area contributed by atoms with Gasteiger partial charge in [0.1, 0.15) is 18.0 Å². The number of methoxy groups -OCH3 is 1. The highest BCUT2D eigenvalue weighted by atomic mass is 32.2. The molecule has 0 aliphatic rings. The lowest BCUT2D eigenvalue weighted by Gasteiger charge is -2.24. The molecule has 0 aliphatic heterocycles. The molecule has 0 aromatic heterocycles. The van der Waals surface area contributed by atoms with Crippen LogP contribution in [0, 0.1) is 0 Å². The maximum atomic E-state index is 13.4. The Bertz CT molecular complexity index is 1310. The number of sulfonamides is 1. The molecule has 0 fully saturated rings. The molecule has 0 heterocycles. The van der Waals surface area contributed by atoms with E-state index in [1.54, 1.807) is 66.7 Å². The van der Waals surface area contributed by atoms with Crippen LogP contribution in [0.2, 0.25) is 0 Å². The van der Waals surface area contributed by atoms with Crippen molar-refractivity contribution in [1.82, 2.24) is 5.43 Å². The Morgan fingerprint density at radius 3 is 2.16 bits per heavy atom. The molecule has 37 heavy (non-hydrogen) atoms. The number of nitrogens with one attached hydrogen (secondary N) is 1. The molecule has 0 radical (unpaired) electrons. The first-order chi connectivity index (χ1) is 17.8. The van der Waals surface area contributed by atoms with Crippen LogP contribution in [0.5, 0.6) is 11.5 Å². The number of carbonyl (C=O) groups excluding carboxylic acids is 2. The third-order valence-electron chi connectivity index (χ3n) is 4.92. The highest BCUT2D eigenvalue weighted by Gasteiger charge is 2.27. The van der Waals surface area contributed by atoms with Gasteiger partial charge in [0.15, 0.2) is 6.61 Å². The summed E-state index contributed by atoms with van der Waals surface area (Å²) in [7, 11) is -2.77. The summed E-state index contributed by atoms with van der Waals surface area (Å²) in [5.41, 5.74) is 3.30. The third-order valence-corrected chi connectivity index (χ3v) is 6.71. The molecule has 3 rings (SSSR count). The Balaban J connectivity index is 1.70. The van der Waals surface area contributed by atoms with Crippen LogP contribution in [0.15, 0.2) is 88.9 Å². The number of anilines is 1. The first-order valence-electron chi connectivity index (χ1n) is 11.3. The second kappa shape index (κ2) is 13.1. The molecule has 3 aromatic rings. The van der Waals surface area contributed by atoms with Crippen molar-refractivity contribution in [2.24, 2.45) is 5.10 Å². The minimum Gasteiger partial charge on any atom is -0.494 e. The van der Waals surface area contributed by atoms with Gasteiger partial charge in [0, 0.05) is 0 Å². The van der Waals surface area contributed by atoms with Crippen LogP contribution >= 0.6 is 0 Å². The van der Waals surface area contributed by atoms with Crippen LogP contribution in [0.3, 0.4) is 0 Å². The van der Waals surface area contributed by atoms with E-state index in [1.165, 1.54) is 25.5 Å². The van der Waals surface area contributed by atoms with Crippen LogP contribution in [-0.4, -0.2) is 53.4 Å². The van der Waals surface area contributed by atoms with Crippen molar-refractivity contribution in [3.63, 3.8) is 0 Å². The Morgan fingerprint density at radius 1 is 0.919 bits per heavy atom. The number of amides is 1. The van der Waals surface area contributed by atoms with Crippen LogP contribution in [0.4, 0.5) is 5.69 Å². The van der Waals surface area contributed by atoms with Gasteiger partial charge in [-0.3, -0.25) is 9.10 Å². The van der Waals surface area contributed by atoms with Gasteiger partial charge in [-0.2, -0.15) is 5.10 Å². The van der Waals surface area contributed by atoms with E-state index in [4.69, 9.17) is 9.47 Å². The number of hydrogen-bond acceptors (Lipinski definition) is 8. The van der Waals surface area contributed by atoms with Crippen LogP contribution in [0.25, 0.3) is 0 Å². The lowest BCUT2D eigenvalue weighted by Crippen LogP contribution is -2.39. The molecule has 0 saturated carbocycles. The van der Waals surface area contributed by atoms with Gasteiger partial charge < -0.3 is 14.2 Å². The summed E-state index contributed by atoms with van der Waals surface area (Å²) < 4.78 is 42.9. The Labute approximate surface area is 215 Å². The number of carbonyl (C=O) groups is 2. The van der Waals surface area contributed by atoms with Gasteiger partial charge in [-0.05, 0) is 73.2 Å². The number of esters is 1. The fourth-order valence-electron chi connectivity index (χ4n) is 3.11. The van der Waals surface area contributed by atoms with Crippen molar-refractivity contribution in [1.29, 1.82) is 0 Å². The quantitative estimate of drug-likeness (QED) is 0.219. The largest absolute Gasteiger partial charge is 0.494 e. The number of nitrogens with zero attached hydrogens (tertiary/aromatic N) is 2. The molecule has 0 saturated heterocycles. The zero-order valence-electron chi connectivity index (χ0n) is 20.4. The average molecular weight is 526 g/mol. The molecule has 0 atom stereocenters. The van der Waals surface area contributed by atoms with Gasteiger partial charge in [-0.15, -0.1) is 0 Å². The van der Waals surface area contributed by atoms with Gasteiger partial charge in [0.2, 0.25) is 0 Å². The fourth-order valence-corrected chi connectivity index (χ4v) is 4.55. The summed E-state index contributed by atoms with van der Waals surface area (Å²) in [6.07, 6.45) is 1.40. The Hall–Kier alpha value is -4.38.